The number of nitrogens with one attached hydrogen (secondary N) is 3. The minimum atomic E-state index is -0.351. The number of aromatic nitrogens is 2. The molecule has 46 heavy (non-hydrogen) atoms. The van der Waals surface area contributed by atoms with Crippen LogP contribution >= 0.6 is 0 Å². The molecule has 3 heterocycles. The summed E-state index contributed by atoms with van der Waals surface area (Å²) in [5.41, 5.74) is 5.04. The Balaban J connectivity index is 1.35. The van der Waals surface area contributed by atoms with Gasteiger partial charge in [0.05, 0.1) is 51.1 Å². The maximum atomic E-state index is 15.3. The average Bonchev–Trinajstić information content (AvgIpc) is 3.10. The fraction of sp³-hybridized carbons (Fsp3) is 0.265. The van der Waals surface area contributed by atoms with Gasteiger partial charge in [0.1, 0.15) is 17.3 Å². The van der Waals surface area contributed by atoms with Crippen molar-refractivity contribution in [2.24, 2.45) is 0 Å². The van der Waals surface area contributed by atoms with Crippen molar-refractivity contribution < 1.29 is 23.4 Å². The molecule has 0 spiro atoms. The van der Waals surface area contributed by atoms with E-state index in [4.69, 9.17) is 19.2 Å². The number of morpholine rings is 2. The zero-order valence-electron chi connectivity index (χ0n) is 25.6. The molecule has 3 N–H and O–H groups in total. The molecule has 2 aliphatic heterocycles. The lowest BCUT2D eigenvalue weighted by atomic mass is 10.1. The predicted molar refractivity (Wildman–Crippen MR) is 178 cm³/mol. The Morgan fingerprint density at radius 2 is 1.63 bits per heavy atom. The predicted octanol–water partition coefficient (Wildman–Crippen LogP) is 5.58. The summed E-state index contributed by atoms with van der Waals surface area (Å²) in [6.45, 7) is 8.93. The maximum Gasteiger partial charge on any atom is 0.247 e. The summed E-state index contributed by atoms with van der Waals surface area (Å²) in [5, 5.41) is 9.41. The van der Waals surface area contributed by atoms with Gasteiger partial charge in [0, 0.05) is 54.5 Å². The Kier molecular flexibility index (Phi) is 9.56. The number of halogens is 1. The van der Waals surface area contributed by atoms with Gasteiger partial charge in [-0.3, -0.25) is 4.79 Å². The fourth-order valence-corrected chi connectivity index (χ4v) is 5.43. The summed E-state index contributed by atoms with van der Waals surface area (Å²) in [4.78, 5) is 25.8. The summed E-state index contributed by atoms with van der Waals surface area (Å²) < 4.78 is 31.9. The minimum Gasteiger partial charge on any atom is -0.496 e. The lowest BCUT2D eigenvalue weighted by Gasteiger charge is -2.29. The molecular formula is C34H36FN7O4. The molecule has 11 nitrogen and oxygen atoms in total. The highest BCUT2D eigenvalue weighted by Gasteiger charge is 2.19. The monoisotopic (exact) mass is 625 g/mol. The first-order chi connectivity index (χ1) is 22.5. The summed E-state index contributed by atoms with van der Waals surface area (Å²) in [7, 11) is 1.56. The number of anilines is 7. The van der Waals surface area contributed by atoms with E-state index in [1.807, 2.05) is 29.2 Å². The van der Waals surface area contributed by atoms with Gasteiger partial charge in [0.2, 0.25) is 11.9 Å². The van der Waals surface area contributed by atoms with Crippen LogP contribution in [0.2, 0.25) is 0 Å². The number of amides is 1. The van der Waals surface area contributed by atoms with Gasteiger partial charge in [-0.05, 0) is 60.7 Å². The van der Waals surface area contributed by atoms with Crippen molar-refractivity contribution >= 4 is 46.0 Å². The van der Waals surface area contributed by atoms with Crippen LogP contribution in [-0.2, 0) is 14.3 Å². The molecule has 12 heteroatoms. The van der Waals surface area contributed by atoms with Crippen molar-refractivity contribution in [3.05, 3.63) is 85.3 Å². The third kappa shape index (κ3) is 7.19. The Bertz CT molecular complexity index is 1710. The first kappa shape index (κ1) is 30.8. The quantitative estimate of drug-likeness (QED) is 0.193. The topological polar surface area (TPSA) is 113 Å². The van der Waals surface area contributed by atoms with Crippen LogP contribution in [0.4, 0.5) is 44.5 Å². The van der Waals surface area contributed by atoms with E-state index >= 15 is 4.39 Å². The lowest BCUT2D eigenvalue weighted by Crippen LogP contribution is -2.36. The largest absolute Gasteiger partial charge is 0.496 e. The standard InChI is InChI=1S/C34H36FN7O4/c1-3-32(43)38-24-8-10-31(44-2)27(20-24)33-29(37-25-7-9-30(28(35)21-25)42-13-17-46-18-14-42)22-36-34(40-33)39-23-5-4-6-26(19-23)41-11-15-45-16-12-41/h3-10,19-22,37H,1,11-18H2,2H3,(H,38,43)(H,36,39,40). The zero-order valence-corrected chi connectivity index (χ0v) is 25.6. The van der Waals surface area contributed by atoms with Crippen molar-refractivity contribution in [3.8, 4) is 17.0 Å². The van der Waals surface area contributed by atoms with Gasteiger partial charge in [-0.25, -0.2) is 14.4 Å². The Morgan fingerprint density at radius 1 is 0.913 bits per heavy atom. The number of carbonyl (C=O) groups is 1. The van der Waals surface area contributed by atoms with Crippen LogP contribution < -0.4 is 30.5 Å². The molecule has 2 saturated heterocycles. The van der Waals surface area contributed by atoms with Crippen LogP contribution in [0.25, 0.3) is 11.3 Å². The summed E-state index contributed by atoms with van der Waals surface area (Å²) in [5.74, 6) is 0.165. The van der Waals surface area contributed by atoms with Crippen molar-refractivity contribution in [2.75, 3.05) is 85.5 Å². The molecule has 3 aromatic carbocycles. The third-order valence-electron chi connectivity index (χ3n) is 7.75. The Labute approximate surface area is 267 Å². The molecule has 1 amide bonds. The van der Waals surface area contributed by atoms with E-state index in [1.54, 1.807) is 37.6 Å². The Morgan fingerprint density at radius 3 is 2.35 bits per heavy atom. The molecule has 0 bridgehead atoms. The van der Waals surface area contributed by atoms with Crippen LogP contribution in [-0.4, -0.2) is 75.6 Å². The van der Waals surface area contributed by atoms with Crippen molar-refractivity contribution in [1.82, 2.24) is 9.97 Å². The number of methoxy groups -OCH3 is 1. The third-order valence-corrected chi connectivity index (χ3v) is 7.75. The summed E-state index contributed by atoms with van der Waals surface area (Å²) in [6.07, 6.45) is 2.84. The smallest absolute Gasteiger partial charge is 0.247 e. The number of ether oxygens (including phenoxy) is 3. The second kappa shape index (κ2) is 14.3. The van der Waals surface area contributed by atoms with E-state index in [1.165, 1.54) is 12.1 Å². The van der Waals surface area contributed by atoms with Gasteiger partial charge in [-0.2, -0.15) is 0 Å². The van der Waals surface area contributed by atoms with Gasteiger partial charge in [0.25, 0.3) is 0 Å². The van der Waals surface area contributed by atoms with Crippen LogP contribution in [0.3, 0.4) is 0 Å². The maximum absolute atomic E-state index is 15.3. The highest BCUT2D eigenvalue weighted by Crippen LogP contribution is 2.38. The molecule has 0 radical (unpaired) electrons. The molecule has 6 rings (SSSR count). The second-order valence-corrected chi connectivity index (χ2v) is 10.7. The zero-order chi connectivity index (χ0) is 31.9. The molecule has 2 aliphatic rings. The van der Waals surface area contributed by atoms with Crippen molar-refractivity contribution in [1.29, 1.82) is 0 Å². The number of hydrogen-bond acceptors (Lipinski definition) is 10. The van der Waals surface area contributed by atoms with Crippen molar-refractivity contribution in [2.45, 2.75) is 0 Å². The average molecular weight is 626 g/mol. The van der Waals surface area contributed by atoms with E-state index in [0.29, 0.717) is 85.2 Å². The van der Waals surface area contributed by atoms with Gasteiger partial charge < -0.3 is 40.0 Å². The highest BCUT2D eigenvalue weighted by molar-refractivity contribution is 5.99. The number of carbonyl (C=O) groups excluding carboxylic acids is 1. The first-order valence-corrected chi connectivity index (χ1v) is 15.1. The van der Waals surface area contributed by atoms with Crippen LogP contribution in [0, 0.1) is 5.82 Å². The molecule has 0 unspecified atom stereocenters. The number of benzene rings is 3. The van der Waals surface area contributed by atoms with Gasteiger partial charge in [-0.15, -0.1) is 0 Å². The number of rotatable bonds is 10. The van der Waals surface area contributed by atoms with Crippen LogP contribution in [0.15, 0.2) is 79.5 Å². The minimum absolute atomic E-state index is 0.344. The molecule has 2 fully saturated rings. The molecular weight excluding hydrogens is 589 g/mol. The Hall–Kier alpha value is -5.20. The van der Waals surface area contributed by atoms with Crippen LogP contribution in [0.5, 0.6) is 5.75 Å². The number of nitrogens with zero attached hydrogens (tertiary/aromatic N) is 4. The summed E-state index contributed by atoms with van der Waals surface area (Å²) in [6, 6.07) is 18.3. The molecule has 0 aliphatic carbocycles. The van der Waals surface area contributed by atoms with E-state index in [0.717, 1.165) is 24.5 Å². The normalized spacial score (nSPS) is 14.8. The van der Waals surface area contributed by atoms with E-state index in [2.05, 4.69) is 38.5 Å². The lowest BCUT2D eigenvalue weighted by molar-refractivity contribution is -0.111. The molecule has 0 saturated carbocycles. The summed E-state index contributed by atoms with van der Waals surface area (Å²) >= 11 is 0. The van der Waals surface area contributed by atoms with Gasteiger partial charge >= 0.3 is 0 Å². The molecule has 238 valence electrons. The molecule has 1 aromatic heterocycles. The van der Waals surface area contributed by atoms with Gasteiger partial charge in [-0.1, -0.05) is 12.6 Å². The molecule has 4 aromatic rings. The fourth-order valence-electron chi connectivity index (χ4n) is 5.43. The second-order valence-electron chi connectivity index (χ2n) is 10.7. The van der Waals surface area contributed by atoms with E-state index in [-0.39, 0.29) is 11.7 Å². The SMILES string of the molecule is C=CC(=O)Nc1ccc(OC)c(-c2nc(Nc3cccc(N4CCOCC4)c3)ncc2Nc2ccc(N3CCOCC3)c(F)c2)c1. The van der Waals surface area contributed by atoms with E-state index < -0.39 is 0 Å². The molecule has 0 atom stereocenters. The van der Waals surface area contributed by atoms with E-state index in [9.17, 15) is 4.79 Å². The van der Waals surface area contributed by atoms with Gasteiger partial charge in [0.15, 0.2) is 0 Å². The van der Waals surface area contributed by atoms with Crippen LogP contribution in [0.1, 0.15) is 0 Å². The number of hydrogen-bond donors (Lipinski definition) is 3. The van der Waals surface area contributed by atoms with Crippen molar-refractivity contribution in [3.63, 3.8) is 0 Å². The first-order valence-electron chi connectivity index (χ1n) is 15.1. The highest BCUT2D eigenvalue weighted by atomic mass is 19.1.